The lowest BCUT2D eigenvalue weighted by Gasteiger charge is -2.49. The zero-order chi connectivity index (χ0) is 23.0. The number of aromatic nitrogens is 3. The van der Waals surface area contributed by atoms with Crippen LogP contribution in [-0.2, 0) is 20.1 Å². The number of amides is 2. The fraction of sp³-hybridized carbons (Fsp3) is 0.312. The summed E-state index contributed by atoms with van der Waals surface area (Å²) in [6, 6.07) is -0.964. The number of aryl methyl sites for hydroxylation is 1. The topological polar surface area (TPSA) is 184 Å². The summed E-state index contributed by atoms with van der Waals surface area (Å²) in [7, 11) is 0. The molecule has 0 aliphatic carbocycles. The lowest BCUT2D eigenvalue weighted by Crippen LogP contribution is -2.71. The van der Waals surface area contributed by atoms with Gasteiger partial charge in [-0.15, -0.1) is 40.0 Å². The van der Waals surface area contributed by atoms with E-state index in [-0.39, 0.29) is 22.2 Å². The van der Waals surface area contributed by atoms with Crippen molar-refractivity contribution in [1.29, 1.82) is 0 Å². The van der Waals surface area contributed by atoms with Gasteiger partial charge in [0.2, 0.25) is 0 Å². The molecule has 0 radical (unpaired) electrons. The predicted molar refractivity (Wildman–Crippen MR) is 120 cm³/mol. The summed E-state index contributed by atoms with van der Waals surface area (Å²) in [5, 5.41) is 29.4. The molecule has 1 saturated heterocycles. The van der Waals surface area contributed by atoms with E-state index in [1.165, 1.54) is 45.3 Å². The fourth-order valence-corrected chi connectivity index (χ4v) is 6.99. The van der Waals surface area contributed by atoms with Gasteiger partial charge in [0.25, 0.3) is 11.8 Å². The Labute approximate surface area is 197 Å². The van der Waals surface area contributed by atoms with Gasteiger partial charge in [-0.3, -0.25) is 14.5 Å². The van der Waals surface area contributed by atoms with E-state index >= 15 is 0 Å². The molecule has 4 rings (SSSR count). The quantitative estimate of drug-likeness (QED) is 0.177. The second-order valence-electron chi connectivity index (χ2n) is 6.53. The number of hydrogen-bond acceptors (Lipinski definition) is 13. The van der Waals surface area contributed by atoms with E-state index < -0.39 is 29.2 Å². The third kappa shape index (κ3) is 4.05. The molecular weight excluding hydrogens is 498 g/mol. The maximum absolute atomic E-state index is 12.8. The number of nitrogen functional groups attached to an aromatic ring is 1. The lowest BCUT2D eigenvalue weighted by molar-refractivity contribution is -0.150. The molecule has 32 heavy (non-hydrogen) atoms. The van der Waals surface area contributed by atoms with E-state index in [9.17, 15) is 24.7 Å². The number of oxime groups is 1. The molecule has 1 fully saturated rings. The van der Waals surface area contributed by atoms with Gasteiger partial charge in [0, 0.05) is 21.8 Å². The number of anilines is 1. The minimum atomic E-state index is -1.22. The third-order valence-electron chi connectivity index (χ3n) is 4.63. The van der Waals surface area contributed by atoms with Crippen LogP contribution in [0.15, 0.2) is 21.1 Å². The number of carboxylic acid groups (broad SMARTS) is 1. The third-order valence-corrected chi connectivity index (χ3v) is 8.89. The van der Waals surface area contributed by atoms with Crippen LogP contribution in [0.4, 0.5) is 5.13 Å². The molecular formula is C16H15N7O5S4. The smallest absolute Gasteiger partial charge is 0.353 e. The molecule has 0 bridgehead atoms. The summed E-state index contributed by atoms with van der Waals surface area (Å²) in [6.07, 6.45) is 0. The summed E-state index contributed by atoms with van der Waals surface area (Å²) in [5.41, 5.74) is 5.93. The highest BCUT2D eigenvalue weighted by Crippen LogP contribution is 2.44. The molecule has 12 nitrogen and oxygen atoms in total. The number of carbonyl (C=O) groups is 3. The van der Waals surface area contributed by atoms with Crippen LogP contribution < -0.4 is 11.1 Å². The number of carbonyl (C=O) groups excluding carboxylic acids is 2. The summed E-state index contributed by atoms with van der Waals surface area (Å²) in [4.78, 5) is 43.8. The Bertz CT molecular complexity index is 1160. The van der Waals surface area contributed by atoms with Crippen LogP contribution >= 0.6 is 46.4 Å². The second kappa shape index (κ2) is 9.05. The van der Waals surface area contributed by atoms with Crippen molar-refractivity contribution in [1.82, 2.24) is 24.8 Å². The van der Waals surface area contributed by atoms with Crippen LogP contribution in [0.2, 0.25) is 0 Å². The molecule has 2 aromatic rings. The van der Waals surface area contributed by atoms with Crippen molar-refractivity contribution in [3.8, 4) is 0 Å². The highest BCUT2D eigenvalue weighted by atomic mass is 32.2. The largest absolute Gasteiger partial charge is 0.477 e. The van der Waals surface area contributed by atoms with Gasteiger partial charge < -0.3 is 21.4 Å². The van der Waals surface area contributed by atoms with Crippen molar-refractivity contribution in [2.75, 3.05) is 11.5 Å². The molecule has 0 saturated carbocycles. The van der Waals surface area contributed by atoms with Gasteiger partial charge in [0.05, 0.1) is 10.6 Å². The van der Waals surface area contributed by atoms with E-state index in [4.69, 9.17) is 5.73 Å². The summed E-state index contributed by atoms with van der Waals surface area (Å²) in [5.74, 6) is -1.73. The first kappa shape index (κ1) is 22.5. The molecule has 16 heteroatoms. The van der Waals surface area contributed by atoms with Crippen LogP contribution in [0.1, 0.15) is 16.3 Å². The molecule has 4 heterocycles. The van der Waals surface area contributed by atoms with Gasteiger partial charge >= 0.3 is 5.97 Å². The fourth-order valence-electron chi connectivity index (χ4n) is 3.06. The molecule has 0 spiro atoms. The van der Waals surface area contributed by atoms with Crippen LogP contribution in [-0.4, -0.2) is 70.4 Å². The zero-order valence-corrected chi connectivity index (χ0v) is 19.5. The van der Waals surface area contributed by atoms with Gasteiger partial charge in [0.15, 0.2) is 10.8 Å². The normalized spacial score (nSPS) is 20.7. The SMILES string of the molecule is Cc1nnsc1CSC1=C(C(=O)O)N2C(=O)[C@@H](NC(=O)/C(=N\O)c3csc(N)n3)[C@H]2SC1. The Morgan fingerprint density at radius 3 is 2.84 bits per heavy atom. The first-order chi connectivity index (χ1) is 15.3. The average molecular weight is 514 g/mol. The predicted octanol–water partition coefficient (Wildman–Crippen LogP) is 0.693. The van der Waals surface area contributed by atoms with Gasteiger partial charge in [-0.1, -0.05) is 9.64 Å². The number of hydrogen-bond donors (Lipinski definition) is 4. The van der Waals surface area contributed by atoms with E-state index in [1.54, 1.807) is 0 Å². The molecule has 2 amide bonds. The maximum atomic E-state index is 12.8. The Morgan fingerprint density at radius 2 is 2.25 bits per heavy atom. The molecule has 2 aliphatic heterocycles. The number of nitrogens with one attached hydrogen (secondary N) is 1. The van der Waals surface area contributed by atoms with E-state index in [2.05, 4.69) is 25.0 Å². The first-order valence-corrected chi connectivity index (χ1v) is 12.6. The van der Waals surface area contributed by atoms with Crippen molar-refractivity contribution in [2.45, 2.75) is 24.1 Å². The maximum Gasteiger partial charge on any atom is 0.353 e. The molecule has 2 aromatic heterocycles. The Kier molecular flexibility index (Phi) is 6.36. The van der Waals surface area contributed by atoms with Crippen LogP contribution in [0.5, 0.6) is 0 Å². The number of β-lactam (4-membered cyclic amide) rings is 1. The number of aliphatic carboxylic acids is 1. The van der Waals surface area contributed by atoms with Crippen molar-refractivity contribution < 1.29 is 24.7 Å². The molecule has 2 aliphatic rings. The van der Waals surface area contributed by atoms with E-state index in [0.717, 1.165) is 21.9 Å². The highest BCUT2D eigenvalue weighted by Gasteiger charge is 2.54. The van der Waals surface area contributed by atoms with Gasteiger partial charge in [0.1, 0.15) is 22.8 Å². The highest BCUT2D eigenvalue weighted by molar-refractivity contribution is 8.05. The van der Waals surface area contributed by atoms with E-state index in [1.807, 2.05) is 6.92 Å². The summed E-state index contributed by atoms with van der Waals surface area (Å²) >= 11 is 4.98. The molecule has 2 atom stereocenters. The van der Waals surface area contributed by atoms with E-state index in [0.29, 0.717) is 16.4 Å². The minimum absolute atomic E-state index is 0.0742. The standard InChI is InChI=1S/C16H15N7O5S4/c1-5-7(32-22-20-5)3-29-8-4-30-14-10(13(25)23(14)11(8)15(26)27)19-12(24)9(21-28)6-2-31-16(17)18-6/h2,10,14,28H,3-4H2,1H3,(H2,17,18)(H,19,24)(H,26,27)/b21-9-/t10-,14-/m1/s1. The number of thioether (sulfide) groups is 2. The summed E-state index contributed by atoms with van der Waals surface area (Å²) in [6.45, 7) is 1.83. The number of nitrogens with two attached hydrogens (primary N) is 1. The monoisotopic (exact) mass is 513 g/mol. The average Bonchev–Trinajstić information content (AvgIpc) is 3.37. The molecule has 0 aromatic carbocycles. The number of thiazole rings is 1. The first-order valence-electron chi connectivity index (χ1n) is 8.87. The Morgan fingerprint density at radius 1 is 1.47 bits per heavy atom. The van der Waals surface area contributed by atoms with Crippen molar-refractivity contribution in [3.63, 3.8) is 0 Å². The Balaban J connectivity index is 1.48. The molecule has 168 valence electrons. The Hall–Kier alpha value is -2.69. The number of nitrogens with zero attached hydrogens (tertiary/aromatic N) is 5. The van der Waals surface area contributed by atoms with Gasteiger partial charge in [-0.05, 0) is 18.5 Å². The zero-order valence-electron chi connectivity index (χ0n) is 16.2. The van der Waals surface area contributed by atoms with Crippen molar-refractivity contribution >= 4 is 75.0 Å². The number of rotatable bonds is 7. The minimum Gasteiger partial charge on any atom is -0.477 e. The van der Waals surface area contributed by atoms with Gasteiger partial charge in [-0.25, -0.2) is 9.78 Å². The van der Waals surface area contributed by atoms with Crippen LogP contribution in [0.3, 0.4) is 0 Å². The molecule has 0 unspecified atom stereocenters. The molecule has 5 N–H and O–H groups in total. The lowest BCUT2D eigenvalue weighted by atomic mass is 10.0. The van der Waals surface area contributed by atoms with Crippen LogP contribution in [0.25, 0.3) is 0 Å². The number of fused-ring (bicyclic) bond motifs is 1. The van der Waals surface area contributed by atoms with Gasteiger partial charge in [-0.2, -0.15) is 0 Å². The van der Waals surface area contributed by atoms with Crippen molar-refractivity contribution in [3.05, 3.63) is 32.2 Å². The van der Waals surface area contributed by atoms with Crippen LogP contribution in [0, 0.1) is 6.92 Å². The second-order valence-corrected chi connectivity index (χ2v) is 10.4. The number of carboxylic acids is 1. The van der Waals surface area contributed by atoms with Crippen molar-refractivity contribution in [2.24, 2.45) is 5.16 Å². The summed E-state index contributed by atoms with van der Waals surface area (Å²) < 4.78 is 3.87.